The molecule has 4 heteroatoms. The largest absolute Gasteiger partial charge is 0.353 e. The quantitative estimate of drug-likeness (QED) is 0.887. The van der Waals surface area contributed by atoms with Crippen LogP contribution in [0.3, 0.4) is 0 Å². The first-order valence-corrected chi connectivity index (χ1v) is 8.06. The molecule has 2 N–H and O–H groups in total. The summed E-state index contributed by atoms with van der Waals surface area (Å²) >= 11 is 0. The molecule has 1 aromatic rings. The second-order valence-electron chi connectivity index (χ2n) is 6.47. The summed E-state index contributed by atoms with van der Waals surface area (Å²) in [6.07, 6.45) is 15.2. The van der Waals surface area contributed by atoms with Gasteiger partial charge in [-0.05, 0) is 31.1 Å². The first-order valence-electron chi connectivity index (χ1n) is 8.06. The number of aryl methyl sites for hydroxylation is 1. The van der Waals surface area contributed by atoms with Gasteiger partial charge in [-0.1, -0.05) is 25.7 Å². The van der Waals surface area contributed by atoms with Gasteiger partial charge in [-0.25, -0.2) is 4.98 Å². The summed E-state index contributed by atoms with van der Waals surface area (Å²) in [5, 5.41) is 3.33. The van der Waals surface area contributed by atoms with Crippen molar-refractivity contribution in [1.29, 1.82) is 0 Å². The smallest absolute Gasteiger partial charge is 0.220 e. The zero-order chi connectivity index (χ0) is 13.8. The van der Waals surface area contributed by atoms with Gasteiger partial charge in [0.05, 0.1) is 0 Å². The Kier molecular flexibility index (Phi) is 4.08. The molecular weight excluding hydrogens is 250 g/mol. The van der Waals surface area contributed by atoms with E-state index in [1.165, 1.54) is 51.4 Å². The molecule has 1 heterocycles. The summed E-state index contributed by atoms with van der Waals surface area (Å²) in [4.78, 5) is 19.4. The highest BCUT2D eigenvalue weighted by Crippen LogP contribution is 2.49. The molecule has 0 aliphatic heterocycles. The van der Waals surface area contributed by atoms with Crippen molar-refractivity contribution in [2.45, 2.75) is 70.3 Å². The molecule has 2 aliphatic rings. The number of hydrogen-bond donors (Lipinski definition) is 2. The summed E-state index contributed by atoms with van der Waals surface area (Å²) in [6, 6.07) is 0.419. The van der Waals surface area contributed by atoms with Crippen molar-refractivity contribution >= 4 is 5.91 Å². The van der Waals surface area contributed by atoms with Crippen LogP contribution in [0.2, 0.25) is 0 Å². The Morgan fingerprint density at radius 3 is 2.75 bits per heavy atom. The van der Waals surface area contributed by atoms with Crippen LogP contribution in [-0.2, 0) is 11.2 Å². The molecule has 1 spiro atoms. The Morgan fingerprint density at radius 2 is 2.05 bits per heavy atom. The van der Waals surface area contributed by atoms with E-state index >= 15 is 0 Å². The summed E-state index contributed by atoms with van der Waals surface area (Å²) < 4.78 is 0. The van der Waals surface area contributed by atoms with Gasteiger partial charge in [0.1, 0.15) is 5.82 Å². The number of carbonyl (C=O) groups is 1. The Morgan fingerprint density at radius 1 is 1.30 bits per heavy atom. The Bertz CT molecular complexity index is 435. The molecule has 2 saturated carbocycles. The van der Waals surface area contributed by atoms with Gasteiger partial charge >= 0.3 is 0 Å². The van der Waals surface area contributed by atoms with Gasteiger partial charge in [0.25, 0.3) is 0 Å². The molecule has 0 bridgehead atoms. The highest BCUT2D eigenvalue weighted by molar-refractivity contribution is 5.76. The van der Waals surface area contributed by atoms with Crippen LogP contribution in [0.1, 0.15) is 63.6 Å². The van der Waals surface area contributed by atoms with Crippen molar-refractivity contribution in [2.75, 3.05) is 0 Å². The first kappa shape index (κ1) is 13.7. The maximum atomic E-state index is 12.2. The standard InChI is InChI=1S/C16H25N3O/c20-15(7-6-14-17-11-12-18-14)19-13-5-1-2-8-16(13)9-3-4-10-16/h11-13H,1-10H2,(H,17,18)(H,19,20). The normalized spacial score (nSPS) is 24.9. The Balaban J connectivity index is 1.54. The number of aromatic amines is 1. The lowest BCUT2D eigenvalue weighted by Gasteiger charge is -2.42. The molecule has 3 rings (SSSR count). The van der Waals surface area contributed by atoms with E-state index in [1.54, 1.807) is 6.20 Å². The van der Waals surface area contributed by atoms with Gasteiger partial charge in [0.15, 0.2) is 0 Å². The monoisotopic (exact) mass is 275 g/mol. The number of nitrogens with one attached hydrogen (secondary N) is 2. The molecule has 20 heavy (non-hydrogen) atoms. The van der Waals surface area contributed by atoms with Crippen LogP contribution in [0, 0.1) is 5.41 Å². The molecule has 1 unspecified atom stereocenters. The second-order valence-corrected chi connectivity index (χ2v) is 6.47. The third-order valence-electron chi connectivity index (χ3n) is 5.23. The minimum atomic E-state index is 0.194. The molecule has 110 valence electrons. The van der Waals surface area contributed by atoms with E-state index in [9.17, 15) is 4.79 Å². The van der Waals surface area contributed by atoms with E-state index in [4.69, 9.17) is 0 Å². The molecule has 1 amide bonds. The minimum Gasteiger partial charge on any atom is -0.353 e. The fourth-order valence-electron chi connectivity index (χ4n) is 4.14. The van der Waals surface area contributed by atoms with Crippen molar-refractivity contribution in [1.82, 2.24) is 15.3 Å². The number of imidazole rings is 1. The van der Waals surface area contributed by atoms with Gasteiger partial charge < -0.3 is 10.3 Å². The Labute approximate surface area is 120 Å². The van der Waals surface area contributed by atoms with Gasteiger partial charge in [0.2, 0.25) is 5.91 Å². The molecule has 4 nitrogen and oxygen atoms in total. The highest BCUT2D eigenvalue weighted by Gasteiger charge is 2.43. The molecule has 1 aromatic heterocycles. The van der Waals surface area contributed by atoms with E-state index in [2.05, 4.69) is 15.3 Å². The predicted molar refractivity (Wildman–Crippen MR) is 78.2 cm³/mol. The SMILES string of the molecule is O=C(CCc1ncc[nH]1)NC1CCCCC12CCCC2. The van der Waals surface area contributed by atoms with E-state index in [1.807, 2.05) is 6.20 Å². The van der Waals surface area contributed by atoms with E-state index in [0.717, 1.165) is 5.82 Å². The molecule has 2 aliphatic carbocycles. The fraction of sp³-hybridized carbons (Fsp3) is 0.750. The van der Waals surface area contributed by atoms with Crippen molar-refractivity contribution < 1.29 is 4.79 Å². The number of amides is 1. The molecule has 2 fully saturated rings. The van der Waals surface area contributed by atoms with Gasteiger partial charge in [-0.3, -0.25) is 4.79 Å². The Hall–Kier alpha value is -1.32. The van der Waals surface area contributed by atoms with Crippen molar-refractivity contribution in [3.63, 3.8) is 0 Å². The maximum Gasteiger partial charge on any atom is 0.220 e. The lowest BCUT2D eigenvalue weighted by atomic mass is 9.69. The molecule has 0 aromatic carbocycles. The van der Waals surface area contributed by atoms with Crippen molar-refractivity contribution in [3.05, 3.63) is 18.2 Å². The van der Waals surface area contributed by atoms with Crippen LogP contribution in [0.25, 0.3) is 0 Å². The number of H-pyrrole nitrogens is 1. The average Bonchev–Trinajstić information content (AvgIpc) is 3.12. The molecule has 0 radical (unpaired) electrons. The van der Waals surface area contributed by atoms with Gasteiger partial charge in [0, 0.05) is 31.3 Å². The number of hydrogen-bond acceptors (Lipinski definition) is 2. The maximum absolute atomic E-state index is 12.2. The minimum absolute atomic E-state index is 0.194. The van der Waals surface area contributed by atoms with Crippen LogP contribution < -0.4 is 5.32 Å². The average molecular weight is 275 g/mol. The van der Waals surface area contributed by atoms with Crippen LogP contribution in [0.4, 0.5) is 0 Å². The summed E-state index contributed by atoms with van der Waals surface area (Å²) in [5.41, 5.74) is 0.429. The number of nitrogens with zero attached hydrogens (tertiary/aromatic N) is 1. The zero-order valence-electron chi connectivity index (χ0n) is 12.2. The van der Waals surface area contributed by atoms with E-state index in [-0.39, 0.29) is 5.91 Å². The van der Waals surface area contributed by atoms with E-state index < -0.39 is 0 Å². The zero-order valence-corrected chi connectivity index (χ0v) is 12.2. The van der Waals surface area contributed by atoms with Gasteiger partial charge in [-0.2, -0.15) is 0 Å². The number of carbonyl (C=O) groups excluding carboxylic acids is 1. The van der Waals surface area contributed by atoms with Crippen LogP contribution in [0.15, 0.2) is 12.4 Å². The number of rotatable bonds is 4. The second kappa shape index (κ2) is 5.98. The molecular formula is C16H25N3O. The van der Waals surface area contributed by atoms with Crippen molar-refractivity contribution in [2.24, 2.45) is 5.41 Å². The molecule has 0 saturated heterocycles. The molecule has 1 atom stereocenters. The fourth-order valence-corrected chi connectivity index (χ4v) is 4.14. The lowest BCUT2D eigenvalue weighted by Crippen LogP contribution is -2.48. The van der Waals surface area contributed by atoms with Gasteiger partial charge in [-0.15, -0.1) is 0 Å². The summed E-state index contributed by atoms with van der Waals surface area (Å²) in [6.45, 7) is 0. The van der Waals surface area contributed by atoms with Crippen LogP contribution in [-0.4, -0.2) is 21.9 Å². The summed E-state index contributed by atoms with van der Waals surface area (Å²) in [7, 11) is 0. The first-order chi connectivity index (χ1) is 9.78. The van der Waals surface area contributed by atoms with Crippen molar-refractivity contribution in [3.8, 4) is 0 Å². The van der Waals surface area contributed by atoms with Crippen LogP contribution in [0.5, 0.6) is 0 Å². The predicted octanol–water partition coefficient (Wildman–Crippen LogP) is 2.96. The number of aromatic nitrogens is 2. The lowest BCUT2D eigenvalue weighted by molar-refractivity contribution is -0.123. The third kappa shape index (κ3) is 2.89. The third-order valence-corrected chi connectivity index (χ3v) is 5.23. The topological polar surface area (TPSA) is 57.8 Å². The summed E-state index contributed by atoms with van der Waals surface area (Å²) in [5.74, 6) is 1.10. The van der Waals surface area contributed by atoms with Crippen LogP contribution >= 0.6 is 0 Å². The van der Waals surface area contributed by atoms with E-state index in [0.29, 0.717) is 24.3 Å². The highest BCUT2D eigenvalue weighted by atomic mass is 16.1.